The van der Waals surface area contributed by atoms with Gasteiger partial charge in [0, 0.05) is 10.1 Å². The van der Waals surface area contributed by atoms with Gasteiger partial charge in [0.2, 0.25) is 0 Å². The fourth-order valence-electron chi connectivity index (χ4n) is 3.97. The molecule has 4 rings (SSSR count). The summed E-state index contributed by atoms with van der Waals surface area (Å²) >= 11 is 10.5. The Balaban J connectivity index is 1.45. The van der Waals surface area contributed by atoms with Crippen molar-refractivity contribution in [3.63, 3.8) is 0 Å². The molecule has 0 radical (unpaired) electrons. The molecule has 0 unspecified atom stereocenters. The van der Waals surface area contributed by atoms with Crippen molar-refractivity contribution in [3.05, 3.63) is 64.9 Å². The van der Waals surface area contributed by atoms with E-state index in [9.17, 15) is 9.59 Å². The van der Waals surface area contributed by atoms with E-state index < -0.39 is 0 Å². The second-order valence-electron chi connectivity index (χ2n) is 8.03. The molecule has 2 fully saturated rings. The van der Waals surface area contributed by atoms with Gasteiger partial charge in [-0.1, -0.05) is 31.4 Å². The highest BCUT2D eigenvalue weighted by atomic mass is 127. The highest BCUT2D eigenvalue weighted by molar-refractivity contribution is 14.1. The Labute approximate surface area is 222 Å². The summed E-state index contributed by atoms with van der Waals surface area (Å²) in [6.45, 7) is 0.994. The SMILES string of the molecule is O=C1S/C(=C/c2cc(Br)c(OCc3ccc(I)cc3)c(Br)c2)C(=O)N1CC1CCCCC1. The number of thioether (sulfide) groups is 1. The zero-order valence-corrected chi connectivity index (χ0v) is 23.4. The molecule has 0 bridgehead atoms. The van der Waals surface area contributed by atoms with Gasteiger partial charge in [-0.05, 0) is 126 Å². The topological polar surface area (TPSA) is 46.6 Å². The van der Waals surface area contributed by atoms with Gasteiger partial charge in [0.25, 0.3) is 11.1 Å². The van der Waals surface area contributed by atoms with E-state index in [0.29, 0.717) is 29.7 Å². The molecular weight excluding hydrogens is 669 g/mol. The third-order valence-corrected chi connectivity index (χ3v) is 8.46. The van der Waals surface area contributed by atoms with Crippen LogP contribution in [0.2, 0.25) is 0 Å². The van der Waals surface area contributed by atoms with Crippen LogP contribution in [-0.4, -0.2) is 22.6 Å². The van der Waals surface area contributed by atoms with Gasteiger partial charge < -0.3 is 4.74 Å². The third kappa shape index (κ3) is 5.98. The summed E-state index contributed by atoms with van der Waals surface area (Å²) in [6.07, 6.45) is 7.62. The van der Waals surface area contributed by atoms with Gasteiger partial charge >= 0.3 is 0 Å². The summed E-state index contributed by atoms with van der Waals surface area (Å²) in [5.74, 6) is 0.951. The Morgan fingerprint density at radius 1 is 1.06 bits per heavy atom. The van der Waals surface area contributed by atoms with Crippen molar-refractivity contribution in [1.29, 1.82) is 0 Å². The van der Waals surface area contributed by atoms with Crippen LogP contribution in [-0.2, 0) is 11.4 Å². The van der Waals surface area contributed by atoms with E-state index in [1.807, 2.05) is 36.4 Å². The average Bonchev–Trinajstić information content (AvgIpc) is 3.02. The highest BCUT2D eigenvalue weighted by Crippen LogP contribution is 2.39. The van der Waals surface area contributed by atoms with E-state index in [1.54, 1.807) is 6.08 Å². The van der Waals surface area contributed by atoms with Crippen LogP contribution in [0.25, 0.3) is 6.08 Å². The minimum absolute atomic E-state index is 0.164. The Bertz CT molecular complexity index is 1030. The predicted molar refractivity (Wildman–Crippen MR) is 145 cm³/mol. The quantitative estimate of drug-likeness (QED) is 0.228. The molecule has 1 saturated heterocycles. The molecule has 2 amide bonds. The van der Waals surface area contributed by atoms with Crippen LogP contribution in [0.1, 0.15) is 43.2 Å². The first-order valence-electron chi connectivity index (χ1n) is 10.5. The minimum Gasteiger partial charge on any atom is -0.487 e. The first-order valence-corrected chi connectivity index (χ1v) is 14.0. The van der Waals surface area contributed by atoms with Gasteiger partial charge in [0.15, 0.2) is 0 Å². The minimum atomic E-state index is -0.183. The van der Waals surface area contributed by atoms with Crippen molar-refractivity contribution in [1.82, 2.24) is 4.90 Å². The van der Waals surface area contributed by atoms with Crippen molar-refractivity contribution < 1.29 is 14.3 Å². The number of nitrogens with zero attached hydrogens (tertiary/aromatic N) is 1. The highest BCUT2D eigenvalue weighted by Gasteiger charge is 2.36. The van der Waals surface area contributed by atoms with Crippen LogP contribution in [0.4, 0.5) is 4.79 Å². The standard InChI is InChI=1S/C24H22Br2INO3S/c25-19-10-17(11-20(26)22(19)31-14-16-6-8-18(27)9-7-16)12-21-23(29)28(24(30)32-21)13-15-4-2-1-3-5-15/h6-12,15H,1-5,13-14H2/b21-12+. The average molecular weight is 691 g/mol. The molecule has 0 atom stereocenters. The van der Waals surface area contributed by atoms with Gasteiger partial charge in [-0.15, -0.1) is 0 Å². The lowest BCUT2D eigenvalue weighted by atomic mass is 9.89. The molecule has 4 nitrogen and oxygen atoms in total. The molecule has 2 aromatic rings. The summed E-state index contributed by atoms with van der Waals surface area (Å²) in [4.78, 5) is 27.3. The Kier molecular flexibility index (Phi) is 8.39. The first-order chi connectivity index (χ1) is 15.4. The lowest BCUT2D eigenvalue weighted by molar-refractivity contribution is -0.123. The van der Waals surface area contributed by atoms with E-state index in [2.05, 4.69) is 54.5 Å². The molecule has 32 heavy (non-hydrogen) atoms. The molecule has 0 aromatic heterocycles. The number of halogens is 3. The second-order valence-corrected chi connectivity index (χ2v) is 12.0. The number of carbonyl (C=O) groups is 2. The molecule has 1 heterocycles. The number of imide groups is 1. The maximum absolute atomic E-state index is 12.9. The van der Waals surface area contributed by atoms with Gasteiger partial charge in [-0.25, -0.2) is 0 Å². The zero-order chi connectivity index (χ0) is 22.7. The van der Waals surface area contributed by atoms with E-state index in [0.717, 1.165) is 44.7 Å². The maximum Gasteiger partial charge on any atom is 0.293 e. The van der Waals surface area contributed by atoms with Gasteiger partial charge in [-0.3, -0.25) is 14.5 Å². The largest absolute Gasteiger partial charge is 0.487 e. The fraction of sp³-hybridized carbons (Fsp3) is 0.333. The van der Waals surface area contributed by atoms with Gasteiger partial charge in [0.1, 0.15) is 12.4 Å². The van der Waals surface area contributed by atoms with Crippen molar-refractivity contribution in [2.45, 2.75) is 38.7 Å². The fourth-order valence-corrected chi connectivity index (χ4v) is 6.63. The third-order valence-electron chi connectivity index (χ3n) is 5.65. The molecule has 0 spiro atoms. The summed E-state index contributed by atoms with van der Waals surface area (Å²) in [7, 11) is 0. The van der Waals surface area contributed by atoms with Gasteiger partial charge in [0.05, 0.1) is 13.9 Å². The van der Waals surface area contributed by atoms with Gasteiger partial charge in [-0.2, -0.15) is 0 Å². The van der Waals surface area contributed by atoms with Crippen LogP contribution >= 0.6 is 66.2 Å². The van der Waals surface area contributed by atoms with Crippen molar-refractivity contribution in [2.75, 3.05) is 6.54 Å². The van der Waals surface area contributed by atoms with Crippen LogP contribution in [0.5, 0.6) is 5.75 Å². The Hall–Kier alpha value is -0.840. The summed E-state index contributed by atoms with van der Waals surface area (Å²) < 4.78 is 8.75. The Morgan fingerprint density at radius 2 is 1.72 bits per heavy atom. The van der Waals surface area contributed by atoms with E-state index in [-0.39, 0.29) is 11.1 Å². The number of hydrogen-bond donors (Lipinski definition) is 0. The number of benzene rings is 2. The van der Waals surface area contributed by atoms with Crippen LogP contribution in [0.3, 0.4) is 0 Å². The molecule has 8 heteroatoms. The van der Waals surface area contributed by atoms with Crippen molar-refractivity contribution in [3.8, 4) is 5.75 Å². The molecule has 1 aliphatic heterocycles. The molecule has 2 aromatic carbocycles. The maximum atomic E-state index is 12.9. The first kappa shape index (κ1) is 24.3. The summed E-state index contributed by atoms with van der Waals surface area (Å²) in [5, 5.41) is -0.164. The molecule has 0 N–H and O–H groups in total. The van der Waals surface area contributed by atoms with Crippen LogP contribution in [0.15, 0.2) is 50.2 Å². The van der Waals surface area contributed by atoms with E-state index >= 15 is 0 Å². The van der Waals surface area contributed by atoms with Crippen LogP contribution < -0.4 is 4.74 Å². The van der Waals surface area contributed by atoms with Crippen molar-refractivity contribution >= 4 is 83.4 Å². The number of carbonyl (C=O) groups excluding carboxylic acids is 2. The summed E-state index contributed by atoms with van der Waals surface area (Å²) in [5.41, 5.74) is 1.91. The smallest absolute Gasteiger partial charge is 0.293 e. The molecule has 168 valence electrons. The number of ether oxygens (including phenoxy) is 1. The second kappa shape index (κ2) is 11.1. The zero-order valence-electron chi connectivity index (χ0n) is 17.3. The molecular formula is C24H22Br2INO3S. The van der Waals surface area contributed by atoms with E-state index in [1.165, 1.54) is 27.7 Å². The molecule has 1 aliphatic carbocycles. The predicted octanol–water partition coefficient (Wildman–Crippen LogP) is 8.01. The number of hydrogen-bond acceptors (Lipinski definition) is 4. The van der Waals surface area contributed by atoms with E-state index in [4.69, 9.17) is 4.74 Å². The van der Waals surface area contributed by atoms with Crippen molar-refractivity contribution in [2.24, 2.45) is 5.92 Å². The monoisotopic (exact) mass is 689 g/mol. The van der Waals surface area contributed by atoms with Crippen LogP contribution in [0, 0.1) is 9.49 Å². The number of rotatable bonds is 6. The summed E-state index contributed by atoms with van der Waals surface area (Å²) in [6, 6.07) is 12.0. The lowest BCUT2D eigenvalue weighted by Gasteiger charge is -2.25. The number of amides is 2. The lowest BCUT2D eigenvalue weighted by Crippen LogP contribution is -2.34. The Morgan fingerprint density at radius 3 is 2.38 bits per heavy atom. The molecule has 2 aliphatic rings. The normalized spacial score (nSPS) is 18.6. The molecule has 1 saturated carbocycles.